The molecule has 0 atom stereocenters. The molecule has 3 N–H and O–H groups in total. The molecule has 1 amide bonds. The van der Waals surface area contributed by atoms with Crippen molar-refractivity contribution in [3.05, 3.63) is 23.8 Å². The summed E-state index contributed by atoms with van der Waals surface area (Å²) in [5, 5.41) is 20.8. The first-order valence-electron chi connectivity index (χ1n) is 5.98. The number of amides is 1. The number of carboxylic acid groups (broad SMARTS) is 1. The zero-order chi connectivity index (χ0) is 14.3. The Kier molecular flexibility index (Phi) is 5.81. The fraction of sp³-hybridized carbons (Fsp3) is 0.385. The van der Waals surface area contributed by atoms with Crippen LogP contribution in [0.1, 0.15) is 30.1 Å². The molecule has 0 bridgehead atoms. The molecule has 0 saturated heterocycles. The molecule has 0 aliphatic carbocycles. The Bertz CT molecular complexity index is 458. The molecular formula is C13H17NO5. The van der Waals surface area contributed by atoms with Gasteiger partial charge in [0.05, 0.1) is 24.3 Å². The standard InChI is InChI=1S/C13H17NO5/c1-2-6-19-7-5-12(16)14-10-8-9(13(17)18)3-4-11(10)15/h3-4,8,15H,2,5-7H2,1H3,(H,14,16)(H,17,18). The quantitative estimate of drug-likeness (QED) is 0.517. The van der Waals surface area contributed by atoms with E-state index in [1.54, 1.807) is 0 Å². The van der Waals surface area contributed by atoms with Crippen molar-refractivity contribution in [1.82, 2.24) is 0 Å². The van der Waals surface area contributed by atoms with Gasteiger partial charge in [-0.05, 0) is 24.6 Å². The normalized spacial score (nSPS) is 10.2. The molecule has 0 unspecified atom stereocenters. The third-order valence-electron chi connectivity index (χ3n) is 2.34. The van der Waals surface area contributed by atoms with E-state index in [0.717, 1.165) is 6.42 Å². The van der Waals surface area contributed by atoms with Crippen LogP contribution in [-0.4, -0.2) is 35.3 Å². The fourth-order valence-corrected chi connectivity index (χ4v) is 1.39. The number of hydrogen-bond acceptors (Lipinski definition) is 4. The predicted molar refractivity (Wildman–Crippen MR) is 69.4 cm³/mol. The lowest BCUT2D eigenvalue weighted by atomic mass is 10.2. The third-order valence-corrected chi connectivity index (χ3v) is 2.34. The van der Waals surface area contributed by atoms with Gasteiger partial charge in [0, 0.05) is 6.61 Å². The minimum Gasteiger partial charge on any atom is -0.506 e. The maximum absolute atomic E-state index is 11.6. The topological polar surface area (TPSA) is 95.9 Å². The van der Waals surface area contributed by atoms with Crippen LogP contribution >= 0.6 is 0 Å². The number of rotatable bonds is 7. The summed E-state index contributed by atoms with van der Waals surface area (Å²) >= 11 is 0. The summed E-state index contributed by atoms with van der Waals surface area (Å²) in [5.74, 6) is -1.64. The average Bonchev–Trinajstić information content (AvgIpc) is 2.37. The van der Waals surface area contributed by atoms with Crippen molar-refractivity contribution in [3.63, 3.8) is 0 Å². The highest BCUT2D eigenvalue weighted by Gasteiger charge is 2.10. The Balaban J connectivity index is 2.58. The van der Waals surface area contributed by atoms with Crippen LogP contribution in [0.3, 0.4) is 0 Å². The number of hydrogen-bond donors (Lipinski definition) is 3. The molecule has 1 rings (SSSR count). The van der Waals surface area contributed by atoms with Crippen LogP contribution in [0.5, 0.6) is 5.75 Å². The van der Waals surface area contributed by atoms with Gasteiger partial charge in [0.25, 0.3) is 0 Å². The fourth-order valence-electron chi connectivity index (χ4n) is 1.39. The smallest absolute Gasteiger partial charge is 0.335 e. The molecule has 0 fully saturated rings. The first-order chi connectivity index (χ1) is 9.04. The van der Waals surface area contributed by atoms with Gasteiger partial charge in [0.1, 0.15) is 5.75 Å². The SMILES string of the molecule is CCCOCCC(=O)Nc1cc(C(=O)O)ccc1O. The number of phenolic OH excluding ortho intramolecular Hbond substituents is 1. The second-order valence-electron chi connectivity index (χ2n) is 3.95. The number of phenols is 1. The molecule has 0 aliphatic rings. The van der Waals surface area contributed by atoms with E-state index in [0.29, 0.717) is 13.2 Å². The van der Waals surface area contributed by atoms with E-state index in [9.17, 15) is 14.7 Å². The van der Waals surface area contributed by atoms with Crippen molar-refractivity contribution in [2.45, 2.75) is 19.8 Å². The van der Waals surface area contributed by atoms with Gasteiger partial charge in [0.2, 0.25) is 5.91 Å². The van der Waals surface area contributed by atoms with Crippen LogP contribution in [-0.2, 0) is 9.53 Å². The zero-order valence-electron chi connectivity index (χ0n) is 10.7. The molecule has 104 valence electrons. The molecule has 6 heteroatoms. The van der Waals surface area contributed by atoms with Crippen LogP contribution in [0.25, 0.3) is 0 Å². The molecule has 0 heterocycles. The number of carboxylic acids is 1. The molecule has 0 aliphatic heterocycles. The Hall–Kier alpha value is -2.08. The summed E-state index contributed by atoms with van der Waals surface area (Å²) < 4.78 is 5.17. The summed E-state index contributed by atoms with van der Waals surface area (Å²) in [7, 11) is 0. The number of carbonyl (C=O) groups is 2. The van der Waals surface area contributed by atoms with E-state index in [-0.39, 0.29) is 29.3 Å². The van der Waals surface area contributed by atoms with E-state index >= 15 is 0 Å². The van der Waals surface area contributed by atoms with Gasteiger partial charge in [-0.15, -0.1) is 0 Å². The van der Waals surface area contributed by atoms with Crippen molar-refractivity contribution in [2.75, 3.05) is 18.5 Å². The number of carbonyl (C=O) groups excluding carboxylic acids is 1. The van der Waals surface area contributed by atoms with Crippen molar-refractivity contribution >= 4 is 17.6 Å². The number of nitrogens with one attached hydrogen (secondary N) is 1. The number of ether oxygens (including phenoxy) is 1. The number of aromatic hydroxyl groups is 1. The van der Waals surface area contributed by atoms with Crippen LogP contribution in [0.15, 0.2) is 18.2 Å². The van der Waals surface area contributed by atoms with E-state index in [1.807, 2.05) is 6.92 Å². The number of anilines is 1. The highest BCUT2D eigenvalue weighted by molar-refractivity contribution is 5.95. The lowest BCUT2D eigenvalue weighted by Crippen LogP contribution is -2.15. The molecule has 0 aromatic heterocycles. The maximum atomic E-state index is 11.6. The van der Waals surface area contributed by atoms with E-state index in [2.05, 4.69) is 5.32 Å². The van der Waals surface area contributed by atoms with Crippen LogP contribution in [0, 0.1) is 0 Å². The second kappa shape index (κ2) is 7.38. The molecule has 0 saturated carbocycles. The molecule has 6 nitrogen and oxygen atoms in total. The summed E-state index contributed by atoms with van der Waals surface area (Å²) in [6.45, 7) is 2.85. The first-order valence-corrected chi connectivity index (χ1v) is 5.98. The van der Waals surface area contributed by atoms with Gasteiger partial charge in [-0.25, -0.2) is 4.79 Å². The minimum absolute atomic E-state index is 0.00432. The Morgan fingerprint density at radius 2 is 2.05 bits per heavy atom. The van der Waals surface area contributed by atoms with Gasteiger partial charge in [0.15, 0.2) is 0 Å². The van der Waals surface area contributed by atoms with Gasteiger partial charge in [-0.3, -0.25) is 4.79 Å². The molecule has 0 spiro atoms. The van der Waals surface area contributed by atoms with Gasteiger partial charge in [-0.2, -0.15) is 0 Å². The number of aromatic carboxylic acids is 1. The molecule has 1 aromatic rings. The summed E-state index contributed by atoms with van der Waals surface area (Å²) in [4.78, 5) is 22.3. The molecular weight excluding hydrogens is 250 g/mol. The second-order valence-corrected chi connectivity index (χ2v) is 3.95. The van der Waals surface area contributed by atoms with E-state index in [4.69, 9.17) is 9.84 Å². The number of benzene rings is 1. The van der Waals surface area contributed by atoms with Crippen molar-refractivity contribution in [3.8, 4) is 5.75 Å². The Morgan fingerprint density at radius 3 is 2.68 bits per heavy atom. The van der Waals surface area contributed by atoms with Crippen LogP contribution < -0.4 is 5.32 Å². The summed E-state index contributed by atoms with van der Waals surface area (Å²) in [5.41, 5.74) is 0.0794. The predicted octanol–water partition coefficient (Wildman–Crippen LogP) is 1.85. The Labute approximate surface area is 111 Å². The first kappa shape index (κ1) is 15.0. The molecule has 0 radical (unpaired) electrons. The zero-order valence-corrected chi connectivity index (χ0v) is 10.7. The summed E-state index contributed by atoms with van der Waals surface area (Å²) in [6, 6.07) is 3.70. The van der Waals surface area contributed by atoms with Crippen molar-refractivity contribution < 1.29 is 24.5 Å². The molecule has 19 heavy (non-hydrogen) atoms. The van der Waals surface area contributed by atoms with E-state index in [1.165, 1.54) is 18.2 Å². The van der Waals surface area contributed by atoms with Crippen molar-refractivity contribution in [2.24, 2.45) is 0 Å². The lowest BCUT2D eigenvalue weighted by molar-refractivity contribution is -0.117. The third kappa shape index (κ3) is 4.97. The van der Waals surface area contributed by atoms with Crippen LogP contribution in [0.4, 0.5) is 5.69 Å². The monoisotopic (exact) mass is 267 g/mol. The Morgan fingerprint density at radius 1 is 1.32 bits per heavy atom. The highest BCUT2D eigenvalue weighted by atomic mass is 16.5. The summed E-state index contributed by atoms with van der Waals surface area (Å²) in [6.07, 6.45) is 1.03. The van der Waals surface area contributed by atoms with Crippen LogP contribution in [0.2, 0.25) is 0 Å². The highest BCUT2D eigenvalue weighted by Crippen LogP contribution is 2.24. The van der Waals surface area contributed by atoms with E-state index < -0.39 is 5.97 Å². The minimum atomic E-state index is -1.12. The average molecular weight is 267 g/mol. The maximum Gasteiger partial charge on any atom is 0.335 e. The van der Waals surface area contributed by atoms with Gasteiger partial charge >= 0.3 is 5.97 Å². The lowest BCUT2D eigenvalue weighted by Gasteiger charge is -2.08. The van der Waals surface area contributed by atoms with Gasteiger partial charge in [-0.1, -0.05) is 6.92 Å². The van der Waals surface area contributed by atoms with Gasteiger partial charge < -0.3 is 20.3 Å². The van der Waals surface area contributed by atoms with Crippen molar-refractivity contribution in [1.29, 1.82) is 0 Å². The molecule has 1 aromatic carbocycles. The largest absolute Gasteiger partial charge is 0.506 e.